The van der Waals surface area contributed by atoms with E-state index in [4.69, 9.17) is 0 Å². The van der Waals surface area contributed by atoms with E-state index in [1.165, 1.54) is 37.7 Å². The van der Waals surface area contributed by atoms with E-state index in [1.54, 1.807) is 4.70 Å². The SMILES string of the molecule is [N-]=[N+]1C2C=C3CCCC31CC2. The summed E-state index contributed by atoms with van der Waals surface area (Å²) in [6.07, 6.45) is 8.34. The molecule has 0 aromatic rings. The maximum atomic E-state index is 9.77. The van der Waals surface area contributed by atoms with Gasteiger partial charge in [0.2, 0.25) is 0 Å². The molecule has 2 heterocycles. The smallest absolute Gasteiger partial charge is 0.173 e. The van der Waals surface area contributed by atoms with E-state index >= 15 is 0 Å². The fraction of sp³-hybridized carbons (Fsp3) is 0.778. The van der Waals surface area contributed by atoms with Crippen LogP contribution in [0.1, 0.15) is 32.1 Å². The van der Waals surface area contributed by atoms with Crippen LogP contribution in [0.3, 0.4) is 0 Å². The number of rotatable bonds is 0. The number of nitrogens with zero attached hydrogens (tertiary/aromatic N) is 2. The lowest BCUT2D eigenvalue weighted by Crippen LogP contribution is -2.31. The van der Waals surface area contributed by atoms with Crippen LogP contribution in [0.15, 0.2) is 11.6 Å². The minimum Gasteiger partial charge on any atom is -0.505 e. The number of fused-ring (bicyclic) bond motifs is 1. The highest BCUT2D eigenvalue weighted by Crippen LogP contribution is 2.51. The molecule has 11 heavy (non-hydrogen) atoms. The molecule has 3 rings (SSSR count). The molecule has 2 bridgehead atoms. The van der Waals surface area contributed by atoms with Crippen molar-refractivity contribution in [3.8, 4) is 0 Å². The van der Waals surface area contributed by atoms with E-state index < -0.39 is 0 Å². The topological polar surface area (TPSA) is 25.3 Å². The van der Waals surface area contributed by atoms with Crippen LogP contribution >= 0.6 is 0 Å². The van der Waals surface area contributed by atoms with Gasteiger partial charge in [-0.3, -0.25) is 0 Å². The molecule has 2 heteroatoms. The summed E-state index contributed by atoms with van der Waals surface area (Å²) in [6, 6.07) is 0.366. The van der Waals surface area contributed by atoms with Gasteiger partial charge in [0.15, 0.2) is 11.6 Å². The van der Waals surface area contributed by atoms with Gasteiger partial charge < -0.3 is 10.2 Å². The zero-order valence-corrected chi connectivity index (χ0v) is 6.58. The van der Waals surface area contributed by atoms with Gasteiger partial charge >= 0.3 is 0 Å². The average molecular weight is 148 g/mol. The maximum Gasteiger partial charge on any atom is 0.173 e. The Hall–Kier alpha value is -0.660. The third-order valence-electron chi connectivity index (χ3n) is 3.63. The van der Waals surface area contributed by atoms with Crippen LogP contribution in [0.2, 0.25) is 0 Å². The van der Waals surface area contributed by atoms with Gasteiger partial charge in [0.1, 0.15) is 0 Å². The molecular formula is C9H12N2. The van der Waals surface area contributed by atoms with Crippen LogP contribution in [0, 0.1) is 0 Å². The molecule has 2 fully saturated rings. The molecule has 1 saturated heterocycles. The molecule has 2 nitrogen and oxygen atoms in total. The average Bonchev–Trinajstić information content (AvgIpc) is 2.61. The second-order valence-corrected chi connectivity index (χ2v) is 4.03. The molecule has 0 aromatic carbocycles. The Labute approximate surface area is 66.4 Å². The van der Waals surface area contributed by atoms with Gasteiger partial charge in [-0.05, 0) is 18.9 Å². The van der Waals surface area contributed by atoms with Gasteiger partial charge in [-0.15, -0.1) is 0 Å². The lowest BCUT2D eigenvalue weighted by atomic mass is 9.88. The summed E-state index contributed by atoms with van der Waals surface area (Å²) >= 11 is 0. The van der Waals surface area contributed by atoms with Crippen LogP contribution in [0.25, 0.3) is 5.53 Å². The van der Waals surface area contributed by atoms with Gasteiger partial charge in [-0.25, -0.2) is 0 Å². The van der Waals surface area contributed by atoms with E-state index in [2.05, 4.69) is 6.08 Å². The van der Waals surface area contributed by atoms with Crippen molar-refractivity contribution >= 4 is 0 Å². The number of hydrogen-bond donors (Lipinski definition) is 0. The van der Waals surface area contributed by atoms with Crippen LogP contribution in [-0.4, -0.2) is 16.3 Å². The van der Waals surface area contributed by atoms with Crippen molar-refractivity contribution in [3.05, 3.63) is 17.2 Å². The monoisotopic (exact) mass is 148 g/mol. The van der Waals surface area contributed by atoms with Crippen molar-refractivity contribution in [3.63, 3.8) is 0 Å². The van der Waals surface area contributed by atoms with E-state index in [1.807, 2.05) is 0 Å². The standard InChI is InChI=1S/C9H12N2/c10-11-8-3-5-9(11)4-1-2-7(9)6-8/h6,8H,1-5H2. The fourth-order valence-corrected chi connectivity index (χ4v) is 3.08. The zero-order valence-electron chi connectivity index (χ0n) is 6.58. The Bertz CT molecular complexity index is 263. The van der Waals surface area contributed by atoms with Crippen molar-refractivity contribution in [2.75, 3.05) is 0 Å². The quantitative estimate of drug-likeness (QED) is 0.371. The second kappa shape index (κ2) is 1.57. The molecule has 1 saturated carbocycles. The van der Waals surface area contributed by atoms with Crippen molar-refractivity contribution < 1.29 is 4.70 Å². The normalized spacial score (nSPS) is 46.4. The Morgan fingerprint density at radius 2 is 2.45 bits per heavy atom. The summed E-state index contributed by atoms with van der Waals surface area (Å²) in [7, 11) is 0. The highest BCUT2D eigenvalue weighted by Gasteiger charge is 2.56. The van der Waals surface area contributed by atoms with Crippen molar-refractivity contribution in [2.45, 2.75) is 43.7 Å². The molecule has 1 spiro atoms. The second-order valence-electron chi connectivity index (χ2n) is 4.03. The van der Waals surface area contributed by atoms with Crippen LogP contribution < -0.4 is 0 Å². The molecule has 1 aliphatic carbocycles. The first-order valence-corrected chi connectivity index (χ1v) is 4.52. The third-order valence-corrected chi connectivity index (χ3v) is 3.63. The summed E-state index contributed by atoms with van der Waals surface area (Å²) in [5.41, 5.74) is 11.4. The summed E-state index contributed by atoms with van der Waals surface area (Å²) in [5.74, 6) is 0. The lowest BCUT2D eigenvalue weighted by Gasteiger charge is -2.20. The molecule has 0 radical (unpaired) electrons. The van der Waals surface area contributed by atoms with Gasteiger partial charge in [-0.1, -0.05) is 0 Å². The predicted molar refractivity (Wildman–Crippen MR) is 41.3 cm³/mol. The first-order chi connectivity index (χ1) is 5.33. The molecule has 0 N–H and O–H groups in total. The maximum absolute atomic E-state index is 9.77. The minimum atomic E-state index is 0.130. The molecule has 0 aromatic heterocycles. The van der Waals surface area contributed by atoms with Crippen LogP contribution in [0.4, 0.5) is 0 Å². The third kappa shape index (κ3) is 0.481. The van der Waals surface area contributed by atoms with Crippen LogP contribution in [0.5, 0.6) is 0 Å². The van der Waals surface area contributed by atoms with Gasteiger partial charge in [0, 0.05) is 24.8 Å². The highest BCUT2D eigenvalue weighted by molar-refractivity contribution is 5.29. The van der Waals surface area contributed by atoms with Gasteiger partial charge in [0.05, 0.1) is 0 Å². The highest BCUT2D eigenvalue weighted by atomic mass is 15.3. The van der Waals surface area contributed by atoms with E-state index in [0.29, 0.717) is 6.04 Å². The number of hydrogen-bond acceptors (Lipinski definition) is 0. The molecule has 58 valence electrons. The van der Waals surface area contributed by atoms with Crippen LogP contribution in [-0.2, 0) is 0 Å². The molecule has 2 aliphatic heterocycles. The summed E-state index contributed by atoms with van der Waals surface area (Å²) in [4.78, 5) is 0. The Morgan fingerprint density at radius 3 is 3.18 bits per heavy atom. The molecule has 2 unspecified atom stereocenters. The van der Waals surface area contributed by atoms with Crippen molar-refractivity contribution in [1.82, 2.24) is 0 Å². The molecular weight excluding hydrogens is 136 g/mol. The van der Waals surface area contributed by atoms with E-state index in [0.717, 1.165) is 0 Å². The van der Waals surface area contributed by atoms with Crippen molar-refractivity contribution in [1.29, 1.82) is 0 Å². The molecule has 3 aliphatic rings. The van der Waals surface area contributed by atoms with E-state index in [-0.39, 0.29) is 5.54 Å². The Kier molecular flexibility index (Phi) is 0.846. The Morgan fingerprint density at radius 1 is 1.55 bits per heavy atom. The van der Waals surface area contributed by atoms with E-state index in [9.17, 15) is 5.53 Å². The summed E-state index contributed by atoms with van der Waals surface area (Å²) in [6.45, 7) is 0. The van der Waals surface area contributed by atoms with Crippen molar-refractivity contribution in [2.24, 2.45) is 0 Å². The molecule has 2 atom stereocenters. The lowest BCUT2D eigenvalue weighted by molar-refractivity contribution is -0.607. The summed E-state index contributed by atoms with van der Waals surface area (Å²) in [5, 5.41) is 0. The predicted octanol–water partition coefficient (Wildman–Crippen LogP) is 2.05. The zero-order chi connectivity index (χ0) is 7.47. The fourth-order valence-electron chi connectivity index (χ4n) is 3.08. The first-order valence-electron chi connectivity index (χ1n) is 4.52. The Balaban J connectivity index is 2.19. The molecule has 0 amide bonds. The van der Waals surface area contributed by atoms with Gasteiger partial charge in [-0.2, -0.15) is 0 Å². The first kappa shape index (κ1) is 5.92. The largest absolute Gasteiger partial charge is 0.505 e. The van der Waals surface area contributed by atoms with Gasteiger partial charge in [0.25, 0.3) is 0 Å². The minimum absolute atomic E-state index is 0.130. The summed E-state index contributed by atoms with van der Waals surface area (Å²) < 4.78 is 1.62.